The fourth-order valence-corrected chi connectivity index (χ4v) is 2.72. The highest BCUT2D eigenvalue weighted by atomic mass is 32.2. The summed E-state index contributed by atoms with van der Waals surface area (Å²) in [5, 5.41) is 17.4. The number of halogens is 1. The van der Waals surface area contributed by atoms with E-state index >= 15 is 0 Å². The van der Waals surface area contributed by atoms with Gasteiger partial charge in [0, 0.05) is 13.2 Å². The molecular weight excluding hydrogens is 289 g/mol. The standard InChI is InChI=1S/C12H16FNO5S/c13-10-5-4-9(12(16)17)8-11(10)20(18,19)14-6-2-1-3-7-15/h4-5,8,14-15H,1-3,6-7H2,(H,16,17). The first-order valence-electron chi connectivity index (χ1n) is 6.02. The zero-order valence-corrected chi connectivity index (χ0v) is 11.5. The zero-order valence-electron chi connectivity index (χ0n) is 10.7. The van der Waals surface area contributed by atoms with Crippen molar-refractivity contribution in [2.45, 2.75) is 24.2 Å². The summed E-state index contributed by atoms with van der Waals surface area (Å²) in [4.78, 5) is 10.1. The van der Waals surface area contributed by atoms with Crippen molar-refractivity contribution in [1.82, 2.24) is 4.72 Å². The van der Waals surface area contributed by atoms with Crippen LogP contribution < -0.4 is 4.72 Å². The maximum Gasteiger partial charge on any atom is 0.335 e. The highest BCUT2D eigenvalue weighted by Crippen LogP contribution is 2.16. The largest absolute Gasteiger partial charge is 0.478 e. The molecule has 0 atom stereocenters. The van der Waals surface area contributed by atoms with Crippen LogP contribution in [0.15, 0.2) is 23.1 Å². The van der Waals surface area contributed by atoms with E-state index in [2.05, 4.69) is 4.72 Å². The highest BCUT2D eigenvalue weighted by molar-refractivity contribution is 7.89. The van der Waals surface area contributed by atoms with Gasteiger partial charge in [0.15, 0.2) is 0 Å². The van der Waals surface area contributed by atoms with Gasteiger partial charge < -0.3 is 10.2 Å². The Morgan fingerprint density at radius 1 is 1.25 bits per heavy atom. The number of carboxylic acids is 1. The molecule has 0 fully saturated rings. The van der Waals surface area contributed by atoms with Gasteiger partial charge in [0.1, 0.15) is 10.7 Å². The van der Waals surface area contributed by atoms with E-state index in [-0.39, 0.29) is 18.7 Å². The van der Waals surface area contributed by atoms with Gasteiger partial charge in [-0.25, -0.2) is 22.3 Å². The molecule has 0 aliphatic rings. The lowest BCUT2D eigenvalue weighted by molar-refractivity contribution is 0.0696. The molecular formula is C12H16FNO5S. The summed E-state index contributed by atoms with van der Waals surface area (Å²) in [6.45, 7) is 0.126. The number of hydrogen-bond donors (Lipinski definition) is 3. The van der Waals surface area contributed by atoms with Crippen LogP contribution in [0, 0.1) is 5.82 Å². The Bertz CT molecular complexity index is 573. The third-order valence-corrected chi connectivity index (χ3v) is 4.07. The number of rotatable bonds is 8. The van der Waals surface area contributed by atoms with Crippen molar-refractivity contribution in [3.63, 3.8) is 0 Å². The van der Waals surface area contributed by atoms with E-state index in [0.29, 0.717) is 19.3 Å². The van der Waals surface area contributed by atoms with E-state index < -0.39 is 26.7 Å². The van der Waals surface area contributed by atoms with Gasteiger partial charge in [-0.2, -0.15) is 0 Å². The second-order valence-corrected chi connectivity index (χ2v) is 5.87. The quantitative estimate of drug-likeness (QED) is 0.621. The molecule has 1 aromatic rings. The Morgan fingerprint density at radius 2 is 1.95 bits per heavy atom. The second-order valence-electron chi connectivity index (χ2n) is 4.13. The number of unbranched alkanes of at least 4 members (excludes halogenated alkanes) is 2. The van der Waals surface area contributed by atoms with Crippen LogP contribution in [0.5, 0.6) is 0 Å². The average Bonchev–Trinajstić information content (AvgIpc) is 2.38. The molecule has 112 valence electrons. The van der Waals surface area contributed by atoms with Crippen molar-refractivity contribution < 1.29 is 27.8 Å². The second kappa shape index (κ2) is 7.32. The Balaban J connectivity index is 2.81. The minimum atomic E-state index is -4.08. The maximum atomic E-state index is 13.5. The smallest absolute Gasteiger partial charge is 0.335 e. The van der Waals surface area contributed by atoms with E-state index in [1.165, 1.54) is 0 Å². The van der Waals surface area contributed by atoms with Gasteiger partial charge in [-0.1, -0.05) is 0 Å². The molecule has 0 aliphatic heterocycles. The Kier molecular flexibility index (Phi) is 6.05. The first kappa shape index (κ1) is 16.5. The van der Waals surface area contributed by atoms with Gasteiger partial charge in [0.05, 0.1) is 5.56 Å². The van der Waals surface area contributed by atoms with Crippen LogP contribution in [0.3, 0.4) is 0 Å². The number of aliphatic hydroxyl groups excluding tert-OH is 1. The number of hydrogen-bond acceptors (Lipinski definition) is 4. The minimum Gasteiger partial charge on any atom is -0.478 e. The first-order valence-corrected chi connectivity index (χ1v) is 7.50. The van der Waals surface area contributed by atoms with Gasteiger partial charge in [0.25, 0.3) is 0 Å². The first-order chi connectivity index (χ1) is 9.38. The summed E-state index contributed by atoms with van der Waals surface area (Å²) < 4.78 is 39.4. The van der Waals surface area contributed by atoms with Crippen LogP contribution in [-0.4, -0.2) is 37.8 Å². The zero-order chi connectivity index (χ0) is 15.2. The fraction of sp³-hybridized carbons (Fsp3) is 0.417. The minimum absolute atomic E-state index is 0.0298. The number of benzene rings is 1. The number of sulfonamides is 1. The lowest BCUT2D eigenvalue weighted by Gasteiger charge is -2.08. The third-order valence-electron chi connectivity index (χ3n) is 2.59. The summed E-state index contributed by atoms with van der Waals surface area (Å²) in [7, 11) is -4.08. The van der Waals surface area contributed by atoms with Crippen molar-refractivity contribution in [3.05, 3.63) is 29.6 Å². The van der Waals surface area contributed by atoms with Crippen LogP contribution in [0.1, 0.15) is 29.6 Å². The number of carbonyl (C=O) groups is 1. The number of aliphatic hydroxyl groups is 1. The summed E-state index contributed by atoms with van der Waals surface area (Å²) in [5.41, 5.74) is -0.299. The monoisotopic (exact) mass is 305 g/mol. The molecule has 0 saturated carbocycles. The molecule has 0 bridgehead atoms. The summed E-state index contributed by atoms with van der Waals surface area (Å²) >= 11 is 0. The third kappa shape index (κ3) is 4.55. The van der Waals surface area contributed by atoms with Gasteiger partial charge in [-0.3, -0.25) is 0 Å². The molecule has 0 radical (unpaired) electrons. The van der Waals surface area contributed by atoms with E-state index in [1.54, 1.807) is 0 Å². The van der Waals surface area contributed by atoms with Crippen molar-refractivity contribution >= 4 is 16.0 Å². The summed E-state index contributed by atoms with van der Waals surface area (Å²) in [6.07, 6.45) is 1.70. The Morgan fingerprint density at radius 3 is 2.55 bits per heavy atom. The molecule has 0 saturated heterocycles. The topological polar surface area (TPSA) is 104 Å². The molecule has 8 heteroatoms. The van der Waals surface area contributed by atoms with Crippen LogP contribution in [0.25, 0.3) is 0 Å². The van der Waals surface area contributed by atoms with Crippen molar-refractivity contribution in [2.24, 2.45) is 0 Å². The van der Waals surface area contributed by atoms with Crippen molar-refractivity contribution in [1.29, 1.82) is 0 Å². The Labute approximate surface area is 116 Å². The molecule has 20 heavy (non-hydrogen) atoms. The number of aromatic carboxylic acids is 1. The summed E-state index contributed by atoms with van der Waals surface area (Å²) in [5.74, 6) is -2.33. The van der Waals surface area contributed by atoms with E-state index in [0.717, 1.165) is 18.2 Å². The molecule has 0 unspecified atom stereocenters. The highest BCUT2D eigenvalue weighted by Gasteiger charge is 2.20. The lowest BCUT2D eigenvalue weighted by atomic mass is 10.2. The predicted molar refractivity (Wildman–Crippen MR) is 69.5 cm³/mol. The molecule has 1 rings (SSSR count). The lowest BCUT2D eigenvalue weighted by Crippen LogP contribution is -2.26. The molecule has 3 N–H and O–H groups in total. The molecule has 0 spiro atoms. The van der Waals surface area contributed by atoms with Crippen LogP contribution >= 0.6 is 0 Å². The van der Waals surface area contributed by atoms with E-state index in [9.17, 15) is 17.6 Å². The average molecular weight is 305 g/mol. The van der Waals surface area contributed by atoms with E-state index in [1.807, 2.05) is 0 Å². The van der Waals surface area contributed by atoms with Crippen LogP contribution in [0.4, 0.5) is 4.39 Å². The van der Waals surface area contributed by atoms with Crippen LogP contribution in [-0.2, 0) is 10.0 Å². The normalized spacial score (nSPS) is 11.5. The summed E-state index contributed by atoms with van der Waals surface area (Å²) in [6, 6.07) is 2.59. The van der Waals surface area contributed by atoms with E-state index in [4.69, 9.17) is 10.2 Å². The van der Waals surface area contributed by atoms with Crippen LogP contribution in [0.2, 0.25) is 0 Å². The fourth-order valence-electron chi connectivity index (χ4n) is 1.54. The van der Waals surface area contributed by atoms with Gasteiger partial charge in [-0.05, 0) is 37.5 Å². The number of nitrogens with one attached hydrogen (secondary N) is 1. The number of carboxylic acid groups (broad SMARTS) is 1. The molecule has 6 nitrogen and oxygen atoms in total. The molecule has 0 heterocycles. The molecule has 0 aromatic heterocycles. The molecule has 1 aromatic carbocycles. The van der Waals surface area contributed by atoms with Crippen molar-refractivity contribution in [2.75, 3.05) is 13.2 Å². The SMILES string of the molecule is O=C(O)c1ccc(F)c(S(=O)(=O)NCCCCCO)c1. The van der Waals surface area contributed by atoms with Gasteiger partial charge >= 0.3 is 5.97 Å². The molecule has 0 aliphatic carbocycles. The van der Waals surface area contributed by atoms with Gasteiger partial charge in [0.2, 0.25) is 10.0 Å². The molecule has 0 amide bonds. The predicted octanol–water partition coefficient (Wildman–Crippen LogP) is 0.965. The van der Waals surface area contributed by atoms with Crippen molar-refractivity contribution in [3.8, 4) is 0 Å². The maximum absolute atomic E-state index is 13.5. The van der Waals surface area contributed by atoms with Gasteiger partial charge in [-0.15, -0.1) is 0 Å². The Hall–Kier alpha value is -1.51.